The zero-order valence-corrected chi connectivity index (χ0v) is 9.97. The minimum atomic E-state index is -0.324. The van der Waals surface area contributed by atoms with Gasteiger partial charge in [-0.1, -0.05) is 6.07 Å². The maximum Gasteiger partial charge on any atom is 0.255 e. The molecule has 92 valence electrons. The molecule has 18 heavy (non-hydrogen) atoms. The van der Waals surface area contributed by atoms with Gasteiger partial charge >= 0.3 is 0 Å². The van der Waals surface area contributed by atoms with Crippen molar-refractivity contribution in [2.75, 3.05) is 13.2 Å². The summed E-state index contributed by atoms with van der Waals surface area (Å²) in [6, 6.07) is 7.24. The van der Waals surface area contributed by atoms with Crippen LogP contribution in [0.1, 0.15) is 16.7 Å². The van der Waals surface area contributed by atoms with Gasteiger partial charge in [-0.2, -0.15) is 5.26 Å². The first-order valence-corrected chi connectivity index (χ1v) is 5.52. The lowest BCUT2D eigenvalue weighted by Crippen LogP contribution is -2.45. The first-order valence-electron chi connectivity index (χ1n) is 5.52. The highest BCUT2D eigenvalue weighted by molar-refractivity contribution is 5.98. The molecular weight excluding hydrogens is 232 g/mol. The highest BCUT2D eigenvalue weighted by Gasteiger charge is 2.26. The summed E-state index contributed by atoms with van der Waals surface area (Å²) in [5, 5.41) is 8.77. The molecule has 5 nitrogen and oxygen atoms in total. The van der Waals surface area contributed by atoms with Gasteiger partial charge in [0.1, 0.15) is 13.2 Å². The number of hydrogen-bond acceptors (Lipinski definition) is 4. The number of hydrogen-bond donors (Lipinski definition) is 0. The lowest BCUT2D eigenvalue weighted by molar-refractivity contribution is -0.159. The molecule has 0 unspecified atom stereocenters. The summed E-state index contributed by atoms with van der Waals surface area (Å²) in [7, 11) is 0. The molecule has 1 aliphatic rings. The van der Waals surface area contributed by atoms with Crippen molar-refractivity contribution in [3.05, 3.63) is 34.9 Å². The van der Waals surface area contributed by atoms with Crippen LogP contribution in [0.4, 0.5) is 0 Å². The van der Waals surface area contributed by atoms with Crippen molar-refractivity contribution < 1.29 is 14.3 Å². The Morgan fingerprint density at radius 1 is 1.33 bits per heavy atom. The van der Waals surface area contributed by atoms with Gasteiger partial charge in [-0.25, -0.2) is 0 Å². The molecule has 1 aromatic rings. The van der Waals surface area contributed by atoms with E-state index in [9.17, 15) is 9.59 Å². The van der Waals surface area contributed by atoms with Crippen LogP contribution in [0.5, 0.6) is 0 Å². The second-order valence-electron chi connectivity index (χ2n) is 4.12. The van der Waals surface area contributed by atoms with Crippen LogP contribution in [-0.4, -0.2) is 29.9 Å². The fraction of sp³-hybridized carbons (Fsp3) is 0.308. The Bertz CT molecular complexity index is 530. The predicted octanol–water partition coefficient (Wildman–Crippen LogP) is 0.752. The van der Waals surface area contributed by atoms with Crippen LogP contribution in [-0.2, 0) is 20.9 Å². The molecule has 2 rings (SSSR count). The van der Waals surface area contributed by atoms with E-state index < -0.39 is 0 Å². The van der Waals surface area contributed by atoms with E-state index in [0.717, 1.165) is 11.1 Å². The molecule has 0 saturated carbocycles. The minimum absolute atomic E-state index is 0.0545. The zero-order valence-electron chi connectivity index (χ0n) is 9.97. The van der Waals surface area contributed by atoms with Crippen molar-refractivity contribution in [2.24, 2.45) is 0 Å². The van der Waals surface area contributed by atoms with Gasteiger partial charge in [0.05, 0.1) is 18.2 Å². The van der Waals surface area contributed by atoms with Crippen molar-refractivity contribution in [1.82, 2.24) is 4.90 Å². The third-order valence-corrected chi connectivity index (χ3v) is 2.85. The maximum atomic E-state index is 11.6. The SMILES string of the molecule is Cc1cc(C#N)ccc1CN1C(=O)COCC1=O. The number of imide groups is 1. The molecule has 0 atom stereocenters. The molecule has 0 aromatic heterocycles. The quantitative estimate of drug-likeness (QED) is 0.720. The summed E-state index contributed by atoms with van der Waals surface area (Å²) in [6.07, 6.45) is 0. The maximum absolute atomic E-state index is 11.6. The third-order valence-electron chi connectivity index (χ3n) is 2.85. The number of nitrogens with zero attached hydrogens (tertiary/aromatic N) is 2. The topological polar surface area (TPSA) is 70.4 Å². The Kier molecular flexibility index (Phi) is 3.40. The van der Waals surface area contributed by atoms with E-state index in [2.05, 4.69) is 0 Å². The lowest BCUT2D eigenvalue weighted by atomic mass is 10.0. The summed E-state index contributed by atoms with van der Waals surface area (Å²) < 4.78 is 4.84. The summed E-state index contributed by atoms with van der Waals surface area (Å²) in [4.78, 5) is 24.3. The number of carbonyl (C=O) groups is 2. The minimum Gasteiger partial charge on any atom is -0.362 e. The Morgan fingerprint density at radius 2 is 2.00 bits per heavy atom. The van der Waals surface area contributed by atoms with Crippen LogP contribution >= 0.6 is 0 Å². The van der Waals surface area contributed by atoms with E-state index in [0.29, 0.717) is 5.56 Å². The summed E-state index contributed by atoms with van der Waals surface area (Å²) in [6.45, 7) is 1.98. The summed E-state index contributed by atoms with van der Waals surface area (Å²) >= 11 is 0. The van der Waals surface area contributed by atoms with E-state index in [1.807, 2.05) is 13.0 Å². The Labute approximate surface area is 105 Å². The molecule has 0 radical (unpaired) electrons. The molecule has 5 heteroatoms. The number of carbonyl (C=O) groups excluding carboxylic acids is 2. The van der Waals surface area contributed by atoms with Crippen molar-refractivity contribution in [3.63, 3.8) is 0 Å². The van der Waals surface area contributed by atoms with Gasteiger partial charge in [0.25, 0.3) is 11.8 Å². The smallest absolute Gasteiger partial charge is 0.255 e. The van der Waals surface area contributed by atoms with Gasteiger partial charge in [0.2, 0.25) is 0 Å². The number of morpholine rings is 1. The average Bonchev–Trinajstić information content (AvgIpc) is 2.35. The lowest BCUT2D eigenvalue weighted by Gasteiger charge is -2.25. The Morgan fingerprint density at radius 3 is 2.56 bits per heavy atom. The van der Waals surface area contributed by atoms with E-state index >= 15 is 0 Å². The zero-order chi connectivity index (χ0) is 13.1. The molecule has 1 fully saturated rings. The fourth-order valence-corrected chi connectivity index (χ4v) is 1.81. The van der Waals surface area contributed by atoms with E-state index in [-0.39, 0.29) is 31.6 Å². The van der Waals surface area contributed by atoms with Crippen LogP contribution in [0, 0.1) is 18.3 Å². The molecule has 0 aliphatic carbocycles. The van der Waals surface area contributed by atoms with Crippen molar-refractivity contribution in [1.29, 1.82) is 5.26 Å². The Balaban J connectivity index is 2.21. The number of benzene rings is 1. The monoisotopic (exact) mass is 244 g/mol. The van der Waals surface area contributed by atoms with Crippen molar-refractivity contribution >= 4 is 11.8 Å². The molecule has 1 aromatic carbocycles. The van der Waals surface area contributed by atoms with Gasteiger partial charge < -0.3 is 4.74 Å². The molecular formula is C13H12N2O3. The van der Waals surface area contributed by atoms with Crippen LogP contribution < -0.4 is 0 Å². The van der Waals surface area contributed by atoms with Crippen LogP contribution in [0.2, 0.25) is 0 Å². The van der Waals surface area contributed by atoms with E-state index in [1.165, 1.54) is 4.90 Å². The molecule has 1 aliphatic heterocycles. The van der Waals surface area contributed by atoms with Crippen molar-refractivity contribution in [2.45, 2.75) is 13.5 Å². The molecule has 1 heterocycles. The third kappa shape index (κ3) is 2.39. The second-order valence-corrected chi connectivity index (χ2v) is 4.12. The molecule has 2 amide bonds. The van der Waals surface area contributed by atoms with Gasteiger partial charge in [-0.05, 0) is 30.2 Å². The highest BCUT2D eigenvalue weighted by atomic mass is 16.5. The van der Waals surface area contributed by atoms with Crippen molar-refractivity contribution in [3.8, 4) is 6.07 Å². The number of rotatable bonds is 2. The van der Waals surface area contributed by atoms with Crippen LogP contribution in [0.25, 0.3) is 0 Å². The number of aryl methyl sites for hydroxylation is 1. The normalized spacial score (nSPS) is 15.7. The molecule has 0 spiro atoms. The largest absolute Gasteiger partial charge is 0.362 e. The van der Waals surface area contributed by atoms with Crippen LogP contribution in [0.3, 0.4) is 0 Å². The highest BCUT2D eigenvalue weighted by Crippen LogP contribution is 2.15. The van der Waals surface area contributed by atoms with Crippen LogP contribution in [0.15, 0.2) is 18.2 Å². The molecule has 0 N–H and O–H groups in total. The second kappa shape index (κ2) is 4.98. The number of nitriles is 1. The first kappa shape index (κ1) is 12.3. The average molecular weight is 244 g/mol. The van der Waals surface area contributed by atoms with Gasteiger partial charge in [0, 0.05) is 0 Å². The Hall–Kier alpha value is -2.19. The fourth-order valence-electron chi connectivity index (χ4n) is 1.81. The summed E-state index contributed by atoms with van der Waals surface area (Å²) in [5.74, 6) is -0.648. The standard InChI is InChI=1S/C13H12N2O3/c1-9-4-10(5-14)2-3-11(9)6-15-12(16)7-18-8-13(15)17/h2-4H,6-8H2,1H3. The van der Waals surface area contributed by atoms with E-state index in [1.54, 1.807) is 18.2 Å². The number of ether oxygens (including phenoxy) is 1. The van der Waals surface area contributed by atoms with Gasteiger partial charge in [-0.15, -0.1) is 0 Å². The first-order chi connectivity index (χ1) is 8.61. The van der Waals surface area contributed by atoms with Gasteiger partial charge in [-0.3, -0.25) is 14.5 Å². The van der Waals surface area contributed by atoms with E-state index in [4.69, 9.17) is 10.00 Å². The summed E-state index contributed by atoms with van der Waals surface area (Å²) in [5.41, 5.74) is 2.31. The van der Waals surface area contributed by atoms with Gasteiger partial charge in [0.15, 0.2) is 0 Å². The predicted molar refractivity (Wildman–Crippen MR) is 62.3 cm³/mol. The molecule has 1 saturated heterocycles. The molecule has 0 bridgehead atoms. The number of amides is 2.